The first kappa shape index (κ1) is 23.9. The normalized spacial score (nSPS) is 13.4. The minimum absolute atomic E-state index is 0.333. The lowest BCUT2D eigenvalue weighted by Gasteiger charge is -2.32. The van der Waals surface area contributed by atoms with E-state index in [9.17, 15) is 5.11 Å². The largest absolute Gasteiger partial charge is 0.385 e. The molecule has 1 N–H and O–H groups in total. The molecule has 0 aliphatic rings. The van der Waals surface area contributed by atoms with Gasteiger partial charge in [-0.2, -0.15) is 0 Å². The number of quaternary nitrogens is 1. The molecule has 0 amide bonds. The third kappa shape index (κ3) is 16.7. The molecule has 0 radical (unpaired) electrons. The van der Waals surface area contributed by atoms with Gasteiger partial charge in [0.25, 0.3) is 0 Å². The van der Waals surface area contributed by atoms with Crippen molar-refractivity contribution in [1.29, 1.82) is 0 Å². The standard InChI is InChI=1S/C21H46NO2/c1-5-7-9-10-11-12-13-14-15-16-17-22(3,4)19-21(23)20-24-18-8-6-2/h21,23H,5-20H2,1-4H3/q+1. The van der Waals surface area contributed by atoms with Gasteiger partial charge in [-0.1, -0.05) is 71.6 Å². The highest BCUT2D eigenvalue weighted by Gasteiger charge is 2.20. The van der Waals surface area contributed by atoms with Crippen molar-refractivity contribution in [3.05, 3.63) is 0 Å². The van der Waals surface area contributed by atoms with Crippen LogP contribution in [0.15, 0.2) is 0 Å². The number of hydrogen-bond acceptors (Lipinski definition) is 2. The van der Waals surface area contributed by atoms with Gasteiger partial charge in [-0.05, 0) is 19.3 Å². The SMILES string of the molecule is CCCCCCCCCCCC[N+](C)(C)CC(O)COCCCC. The topological polar surface area (TPSA) is 29.5 Å². The highest BCUT2D eigenvalue weighted by atomic mass is 16.5. The summed E-state index contributed by atoms with van der Waals surface area (Å²) < 4.78 is 6.42. The third-order valence-electron chi connectivity index (χ3n) is 4.77. The Kier molecular flexibility index (Phi) is 16.3. The second-order valence-corrected chi connectivity index (χ2v) is 8.11. The van der Waals surface area contributed by atoms with E-state index in [1.807, 2.05) is 0 Å². The Balaban J connectivity index is 3.49. The molecule has 0 spiro atoms. The van der Waals surface area contributed by atoms with Crippen LogP contribution in [0.1, 0.15) is 90.9 Å². The Morgan fingerprint density at radius 3 is 1.79 bits per heavy atom. The summed E-state index contributed by atoms with van der Waals surface area (Å²) in [6, 6.07) is 0. The van der Waals surface area contributed by atoms with Crippen LogP contribution < -0.4 is 0 Å². The van der Waals surface area contributed by atoms with E-state index in [4.69, 9.17) is 4.74 Å². The van der Waals surface area contributed by atoms with Crippen molar-refractivity contribution in [3.8, 4) is 0 Å². The second kappa shape index (κ2) is 16.4. The van der Waals surface area contributed by atoms with Gasteiger partial charge in [0.2, 0.25) is 0 Å². The molecule has 3 heteroatoms. The molecule has 1 unspecified atom stereocenters. The lowest BCUT2D eigenvalue weighted by molar-refractivity contribution is -0.893. The fourth-order valence-electron chi connectivity index (χ4n) is 3.21. The van der Waals surface area contributed by atoms with E-state index in [1.54, 1.807) is 0 Å². The maximum Gasteiger partial charge on any atom is 0.126 e. The molecule has 0 heterocycles. The number of hydrogen-bond donors (Lipinski definition) is 1. The molecular formula is C21H46NO2+. The van der Waals surface area contributed by atoms with Gasteiger partial charge in [-0.3, -0.25) is 0 Å². The first-order valence-corrected chi connectivity index (χ1v) is 10.6. The fourth-order valence-corrected chi connectivity index (χ4v) is 3.21. The minimum atomic E-state index is -0.333. The number of nitrogens with zero attached hydrogens (tertiary/aromatic N) is 1. The average Bonchev–Trinajstić information content (AvgIpc) is 2.53. The highest BCUT2D eigenvalue weighted by Crippen LogP contribution is 2.12. The highest BCUT2D eigenvalue weighted by molar-refractivity contribution is 4.53. The van der Waals surface area contributed by atoms with Crippen LogP contribution in [0.2, 0.25) is 0 Å². The maximum absolute atomic E-state index is 10.1. The van der Waals surface area contributed by atoms with Crippen LogP contribution in [-0.4, -0.2) is 56.1 Å². The van der Waals surface area contributed by atoms with Gasteiger partial charge in [0.05, 0.1) is 27.2 Å². The number of aliphatic hydroxyl groups excluding tert-OH is 1. The van der Waals surface area contributed by atoms with Crippen LogP contribution in [-0.2, 0) is 4.74 Å². The molecule has 24 heavy (non-hydrogen) atoms. The van der Waals surface area contributed by atoms with Crippen molar-refractivity contribution in [3.63, 3.8) is 0 Å². The summed E-state index contributed by atoms with van der Waals surface area (Å²) in [6.07, 6.45) is 15.7. The van der Waals surface area contributed by atoms with Crippen molar-refractivity contribution < 1.29 is 14.3 Å². The Morgan fingerprint density at radius 1 is 0.750 bits per heavy atom. The van der Waals surface area contributed by atoms with Crippen LogP contribution in [0.5, 0.6) is 0 Å². The smallest absolute Gasteiger partial charge is 0.126 e. The average molecular weight is 345 g/mol. The zero-order valence-electron chi connectivity index (χ0n) is 17.2. The van der Waals surface area contributed by atoms with E-state index in [-0.39, 0.29) is 6.10 Å². The maximum atomic E-state index is 10.1. The first-order chi connectivity index (χ1) is 11.5. The summed E-state index contributed by atoms with van der Waals surface area (Å²) in [7, 11) is 4.45. The number of likely N-dealkylation sites (N-methyl/N-ethyl adjacent to an activating group) is 1. The quantitative estimate of drug-likeness (QED) is 0.275. The Labute approximate surface area is 152 Å². The zero-order valence-corrected chi connectivity index (χ0v) is 17.2. The number of rotatable bonds is 18. The lowest BCUT2D eigenvalue weighted by Crippen LogP contribution is -2.47. The molecule has 1 atom stereocenters. The lowest BCUT2D eigenvalue weighted by atomic mass is 10.1. The van der Waals surface area contributed by atoms with E-state index < -0.39 is 0 Å². The summed E-state index contributed by atoms with van der Waals surface area (Å²) >= 11 is 0. The second-order valence-electron chi connectivity index (χ2n) is 8.11. The minimum Gasteiger partial charge on any atom is -0.385 e. The molecule has 0 aromatic carbocycles. The molecular weight excluding hydrogens is 298 g/mol. The van der Waals surface area contributed by atoms with E-state index in [1.165, 1.54) is 64.2 Å². The summed E-state index contributed by atoms with van der Waals surface area (Å²) in [5.74, 6) is 0. The van der Waals surface area contributed by atoms with E-state index in [0.717, 1.165) is 37.0 Å². The summed E-state index contributed by atoms with van der Waals surface area (Å²) in [6.45, 7) is 7.65. The van der Waals surface area contributed by atoms with Crippen molar-refractivity contribution in [2.45, 2.75) is 97.0 Å². The molecule has 0 saturated heterocycles. The van der Waals surface area contributed by atoms with Gasteiger partial charge < -0.3 is 14.3 Å². The predicted molar refractivity (Wildman–Crippen MR) is 105 cm³/mol. The molecule has 0 bridgehead atoms. The van der Waals surface area contributed by atoms with E-state index in [2.05, 4.69) is 27.9 Å². The van der Waals surface area contributed by atoms with Crippen LogP contribution in [0.3, 0.4) is 0 Å². The van der Waals surface area contributed by atoms with Gasteiger partial charge >= 0.3 is 0 Å². The fraction of sp³-hybridized carbons (Fsp3) is 1.00. The van der Waals surface area contributed by atoms with Crippen LogP contribution in [0, 0.1) is 0 Å². The molecule has 0 fully saturated rings. The number of aliphatic hydroxyl groups is 1. The van der Waals surface area contributed by atoms with Gasteiger partial charge in [-0.25, -0.2) is 0 Å². The monoisotopic (exact) mass is 344 g/mol. The molecule has 0 aromatic rings. The van der Waals surface area contributed by atoms with E-state index >= 15 is 0 Å². The van der Waals surface area contributed by atoms with Crippen molar-refractivity contribution in [2.75, 3.05) is 40.4 Å². The first-order valence-electron chi connectivity index (χ1n) is 10.6. The van der Waals surface area contributed by atoms with Crippen LogP contribution in [0.25, 0.3) is 0 Å². The van der Waals surface area contributed by atoms with Crippen molar-refractivity contribution in [2.24, 2.45) is 0 Å². The summed E-state index contributed by atoms with van der Waals surface area (Å²) in [5, 5.41) is 10.1. The number of unbranched alkanes of at least 4 members (excludes halogenated alkanes) is 10. The third-order valence-corrected chi connectivity index (χ3v) is 4.77. The Hall–Kier alpha value is -0.120. The number of ether oxygens (including phenoxy) is 1. The van der Waals surface area contributed by atoms with Crippen molar-refractivity contribution in [1.82, 2.24) is 0 Å². The van der Waals surface area contributed by atoms with Gasteiger partial charge in [-0.15, -0.1) is 0 Å². The van der Waals surface area contributed by atoms with Gasteiger partial charge in [0, 0.05) is 6.61 Å². The molecule has 146 valence electrons. The molecule has 0 aliphatic carbocycles. The zero-order chi connectivity index (χ0) is 18.1. The van der Waals surface area contributed by atoms with E-state index in [0.29, 0.717) is 6.61 Å². The molecule has 0 rings (SSSR count). The van der Waals surface area contributed by atoms with Crippen LogP contribution in [0.4, 0.5) is 0 Å². The molecule has 0 aliphatic heterocycles. The molecule has 3 nitrogen and oxygen atoms in total. The summed E-state index contributed by atoms with van der Waals surface area (Å²) in [5.41, 5.74) is 0. The molecule has 0 aromatic heterocycles. The summed E-state index contributed by atoms with van der Waals surface area (Å²) in [4.78, 5) is 0. The van der Waals surface area contributed by atoms with Crippen molar-refractivity contribution >= 4 is 0 Å². The molecule has 0 saturated carbocycles. The predicted octanol–water partition coefficient (Wildman–Crippen LogP) is 5.16. The Bertz CT molecular complexity index is 256. The Morgan fingerprint density at radius 2 is 1.25 bits per heavy atom. The van der Waals surface area contributed by atoms with Gasteiger partial charge in [0.1, 0.15) is 12.6 Å². The van der Waals surface area contributed by atoms with Crippen LogP contribution >= 0.6 is 0 Å². The van der Waals surface area contributed by atoms with Gasteiger partial charge in [0.15, 0.2) is 0 Å².